The molecule has 8 nitrogen and oxygen atoms in total. The summed E-state index contributed by atoms with van der Waals surface area (Å²) in [5, 5.41) is 15.1. The van der Waals surface area contributed by atoms with Crippen LogP contribution in [0, 0.1) is 0 Å². The molecule has 0 radical (unpaired) electrons. The fraction of sp³-hybridized carbons (Fsp3) is 0.464. The van der Waals surface area contributed by atoms with E-state index in [9.17, 15) is 19.5 Å². The Morgan fingerprint density at radius 2 is 1.50 bits per heavy atom. The second kappa shape index (κ2) is 14.8. The number of phenols is 1. The number of ether oxygens (including phenoxy) is 1. The molecule has 8 heteroatoms. The van der Waals surface area contributed by atoms with Gasteiger partial charge in [0.15, 0.2) is 0 Å². The van der Waals surface area contributed by atoms with E-state index in [0.717, 1.165) is 32.1 Å². The molecule has 0 bridgehead atoms. The Balaban J connectivity index is 1.69. The van der Waals surface area contributed by atoms with E-state index >= 15 is 0 Å². The van der Waals surface area contributed by atoms with Gasteiger partial charge in [-0.15, -0.1) is 0 Å². The highest BCUT2D eigenvalue weighted by molar-refractivity contribution is 5.94. The number of aromatic hydroxyl groups is 1. The molecular formula is C28H39N3O5. The molecule has 0 unspecified atom stereocenters. The second-order valence-electron chi connectivity index (χ2n) is 9.70. The highest BCUT2D eigenvalue weighted by Gasteiger charge is 2.22. The van der Waals surface area contributed by atoms with E-state index in [2.05, 4.69) is 10.6 Å². The van der Waals surface area contributed by atoms with Crippen LogP contribution in [0.15, 0.2) is 54.6 Å². The third kappa shape index (κ3) is 11.7. The summed E-state index contributed by atoms with van der Waals surface area (Å²) >= 11 is 0. The van der Waals surface area contributed by atoms with Crippen LogP contribution in [0.1, 0.15) is 69.7 Å². The zero-order chi connectivity index (χ0) is 26.4. The number of amides is 3. The Bertz CT molecular complexity index is 955. The molecule has 0 atom stereocenters. The van der Waals surface area contributed by atoms with Crippen molar-refractivity contribution in [2.45, 2.75) is 64.9 Å². The summed E-state index contributed by atoms with van der Waals surface area (Å²) in [5.41, 5.74) is 0.631. The molecule has 0 saturated carbocycles. The minimum Gasteiger partial charge on any atom is -0.508 e. The topological polar surface area (TPSA) is 108 Å². The van der Waals surface area contributed by atoms with Gasteiger partial charge in [0.2, 0.25) is 5.91 Å². The first-order valence-corrected chi connectivity index (χ1v) is 12.5. The van der Waals surface area contributed by atoms with Crippen molar-refractivity contribution in [3.05, 3.63) is 60.2 Å². The Labute approximate surface area is 214 Å². The van der Waals surface area contributed by atoms with Crippen molar-refractivity contribution in [1.82, 2.24) is 10.2 Å². The van der Waals surface area contributed by atoms with Gasteiger partial charge in [-0.3, -0.25) is 9.59 Å². The molecule has 0 heterocycles. The van der Waals surface area contributed by atoms with Gasteiger partial charge in [-0.1, -0.05) is 37.5 Å². The number of phenolic OH excluding ortho intramolecular Hbond substituents is 1. The SMILES string of the molecule is CC(C)(C)OC(=O)N(CCCCCCCNC(=O)c1ccccc1)CCC(=O)Nc1ccc(O)cc1. The second-order valence-corrected chi connectivity index (χ2v) is 9.70. The highest BCUT2D eigenvalue weighted by Crippen LogP contribution is 2.15. The molecule has 0 aromatic heterocycles. The van der Waals surface area contributed by atoms with E-state index in [0.29, 0.717) is 24.3 Å². The first-order chi connectivity index (χ1) is 17.1. The lowest BCUT2D eigenvalue weighted by Crippen LogP contribution is -2.39. The van der Waals surface area contributed by atoms with E-state index in [1.807, 2.05) is 39.0 Å². The maximum Gasteiger partial charge on any atom is 0.410 e. The molecular weight excluding hydrogens is 458 g/mol. The predicted octanol–water partition coefficient (Wildman–Crippen LogP) is 5.34. The quantitative estimate of drug-likeness (QED) is 0.256. The van der Waals surface area contributed by atoms with Gasteiger partial charge in [0.25, 0.3) is 5.91 Å². The number of nitrogens with zero attached hydrogens (tertiary/aromatic N) is 1. The van der Waals surface area contributed by atoms with Crippen LogP contribution in [0.3, 0.4) is 0 Å². The molecule has 3 amide bonds. The van der Waals surface area contributed by atoms with Crippen LogP contribution in [0.4, 0.5) is 10.5 Å². The van der Waals surface area contributed by atoms with Crippen molar-refractivity contribution >= 4 is 23.6 Å². The molecule has 2 aromatic carbocycles. The lowest BCUT2D eigenvalue weighted by Gasteiger charge is -2.27. The molecule has 0 aliphatic rings. The third-order valence-electron chi connectivity index (χ3n) is 5.34. The van der Waals surface area contributed by atoms with E-state index in [4.69, 9.17) is 4.74 Å². The van der Waals surface area contributed by atoms with Crippen LogP contribution in [0.5, 0.6) is 5.75 Å². The van der Waals surface area contributed by atoms with E-state index in [-0.39, 0.29) is 30.5 Å². The van der Waals surface area contributed by atoms with Crippen molar-refractivity contribution in [3.63, 3.8) is 0 Å². The number of anilines is 1. The van der Waals surface area contributed by atoms with E-state index in [1.165, 1.54) is 12.1 Å². The van der Waals surface area contributed by atoms with E-state index < -0.39 is 11.7 Å². The van der Waals surface area contributed by atoms with Crippen molar-refractivity contribution in [1.29, 1.82) is 0 Å². The zero-order valence-corrected chi connectivity index (χ0v) is 21.6. The fourth-order valence-electron chi connectivity index (χ4n) is 3.48. The zero-order valence-electron chi connectivity index (χ0n) is 21.6. The van der Waals surface area contributed by atoms with Crippen LogP contribution < -0.4 is 10.6 Å². The van der Waals surface area contributed by atoms with E-state index in [1.54, 1.807) is 29.2 Å². The summed E-state index contributed by atoms with van der Waals surface area (Å²) in [6.45, 7) is 6.84. The summed E-state index contributed by atoms with van der Waals surface area (Å²) in [6.07, 6.45) is 4.32. The maximum absolute atomic E-state index is 12.7. The third-order valence-corrected chi connectivity index (χ3v) is 5.34. The Kier molecular flexibility index (Phi) is 11.8. The predicted molar refractivity (Wildman–Crippen MR) is 141 cm³/mol. The fourth-order valence-corrected chi connectivity index (χ4v) is 3.48. The van der Waals surface area contributed by atoms with Gasteiger partial charge < -0.3 is 25.4 Å². The van der Waals surface area contributed by atoms with Gasteiger partial charge >= 0.3 is 6.09 Å². The summed E-state index contributed by atoms with van der Waals surface area (Å²) in [7, 11) is 0. The number of benzene rings is 2. The Morgan fingerprint density at radius 1 is 0.861 bits per heavy atom. The van der Waals surface area contributed by atoms with Crippen LogP contribution in [0.25, 0.3) is 0 Å². The average molecular weight is 498 g/mol. The molecule has 2 rings (SSSR count). The molecule has 0 spiro atoms. The van der Waals surface area contributed by atoms with Crippen molar-refractivity contribution in [2.75, 3.05) is 25.0 Å². The molecule has 36 heavy (non-hydrogen) atoms. The molecule has 2 aromatic rings. The average Bonchev–Trinajstić information content (AvgIpc) is 2.83. The maximum atomic E-state index is 12.7. The number of unbranched alkanes of at least 4 members (excludes halogenated alkanes) is 4. The normalized spacial score (nSPS) is 11.0. The van der Waals surface area contributed by atoms with Gasteiger partial charge in [0.1, 0.15) is 11.4 Å². The van der Waals surface area contributed by atoms with Crippen LogP contribution in [-0.4, -0.2) is 53.1 Å². The van der Waals surface area contributed by atoms with Crippen molar-refractivity contribution in [3.8, 4) is 5.75 Å². The number of nitrogens with one attached hydrogen (secondary N) is 2. The lowest BCUT2D eigenvalue weighted by atomic mass is 10.1. The number of hydrogen-bond donors (Lipinski definition) is 3. The molecule has 0 fully saturated rings. The molecule has 0 aliphatic carbocycles. The van der Waals surface area contributed by atoms with Crippen LogP contribution in [0.2, 0.25) is 0 Å². The van der Waals surface area contributed by atoms with Crippen molar-refractivity contribution < 1.29 is 24.2 Å². The number of rotatable bonds is 13. The van der Waals surface area contributed by atoms with Gasteiger partial charge in [-0.05, 0) is 70.0 Å². The van der Waals surface area contributed by atoms with Gasteiger partial charge in [-0.2, -0.15) is 0 Å². The summed E-state index contributed by atoms with van der Waals surface area (Å²) in [6, 6.07) is 15.4. The van der Waals surface area contributed by atoms with Gasteiger partial charge in [0, 0.05) is 37.3 Å². The van der Waals surface area contributed by atoms with Gasteiger partial charge in [0.05, 0.1) is 0 Å². The minimum absolute atomic E-state index is 0.0574. The molecule has 0 aliphatic heterocycles. The van der Waals surface area contributed by atoms with Crippen LogP contribution >= 0.6 is 0 Å². The first-order valence-electron chi connectivity index (χ1n) is 12.5. The minimum atomic E-state index is -0.617. The number of carbonyl (C=O) groups excluding carboxylic acids is 3. The summed E-state index contributed by atoms with van der Waals surface area (Å²) in [4.78, 5) is 38.6. The van der Waals surface area contributed by atoms with Gasteiger partial charge in [-0.25, -0.2) is 4.79 Å². The smallest absolute Gasteiger partial charge is 0.410 e. The highest BCUT2D eigenvalue weighted by atomic mass is 16.6. The number of carbonyl (C=O) groups is 3. The first kappa shape index (κ1) is 28.7. The Morgan fingerprint density at radius 3 is 2.17 bits per heavy atom. The number of hydrogen-bond acceptors (Lipinski definition) is 5. The van der Waals surface area contributed by atoms with Crippen LogP contribution in [-0.2, 0) is 9.53 Å². The monoisotopic (exact) mass is 497 g/mol. The van der Waals surface area contributed by atoms with Crippen molar-refractivity contribution in [2.24, 2.45) is 0 Å². The molecule has 196 valence electrons. The summed E-state index contributed by atoms with van der Waals surface area (Å²) in [5.74, 6) is -0.147. The largest absolute Gasteiger partial charge is 0.508 e. The Hall–Kier alpha value is -3.55. The standard InChI is InChI=1S/C28H39N3O5/c1-28(2,3)36-27(35)31(21-18-25(33)30-23-14-16-24(32)17-15-23)20-11-6-4-5-10-19-29-26(34)22-12-8-7-9-13-22/h7-9,12-17,32H,4-6,10-11,18-21H2,1-3H3,(H,29,34)(H,30,33). The lowest BCUT2D eigenvalue weighted by molar-refractivity contribution is -0.116. The molecule has 3 N–H and O–H groups in total. The molecule has 0 saturated heterocycles. The summed E-state index contributed by atoms with van der Waals surface area (Å²) < 4.78 is 5.52.